The molecule has 1 N–H and O–H groups in total. The van der Waals surface area contributed by atoms with E-state index in [1.807, 2.05) is 20.9 Å². The van der Waals surface area contributed by atoms with Crippen LogP contribution in [0.3, 0.4) is 0 Å². The highest BCUT2D eigenvalue weighted by Crippen LogP contribution is 2.22. The summed E-state index contributed by atoms with van der Waals surface area (Å²) in [7, 11) is 1.87. The Morgan fingerprint density at radius 2 is 2.20 bits per heavy atom. The van der Waals surface area contributed by atoms with Crippen molar-refractivity contribution in [3.8, 4) is 0 Å². The molecule has 0 fully saturated rings. The maximum Gasteiger partial charge on any atom is 0.253 e. The van der Waals surface area contributed by atoms with Crippen LogP contribution in [0.15, 0.2) is 28.9 Å². The first-order valence-electron chi connectivity index (χ1n) is 6.14. The fraction of sp³-hybridized carbons (Fsp3) is 0.286. The molecule has 0 saturated heterocycles. The summed E-state index contributed by atoms with van der Waals surface area (Å²) < 4.78 is 2.60. The number of hydrogen-bond acceptors (Lipinski definition) is 2. The van der Waals surface area contributed by atoms with Crippen molar-refractivity contribution in [3.63, 3.8) is 0 Å². The molecule has 2 aromatic rings. The Morgan fingerprint density at radius 3 is 2.80 bits per heavy atom. The number of carbonyl (C=O) groups is 1. The van der Waals surface area contributed by atoms with Crippen molar-refractivity contribution >= 4 is 33.4 Å². The Balaban J connectivity index is 2.19. The molecule has 6 heteroatoms. The third-order valence-electron chi connectivity index (χ3n) is 3.26. The molecule has 20 heavy (non-hydrogen) atoms. The van der Waals surface area contributed by atoms with Gasteiger partial charge in [-0.25, -0.2) is 0 Å². The summed E-state index contributed by atoms with van der Waals surface area (Å²) in [4.78, 5) is 12.3. The first-order chi connectivity index (χ1) is 9.40. The van der Waals surface area contributed by atoms with Crippen LogP contribution in [-0.4, -0.2) is 15.7 Å². The molecule has 1 aromatic heterocycles. The van der Waals surface area contributed by atoms with Crippen molar-refractivity contribution < 1.29 is 4.79 Å². The predicted octanol–water partition coefficient (Wildman–Crippen LogP) is 3.64. The number of halogens is 2. The number of nitrogens with zero attached hydrogens (tertiary/aromatic N) is 2. The number of rotatable bonds is 3. The minimum Gasteiger partial charge on any atom is -0.345 e. The van der Waals surface area contributed by atoms with Crippen LogP contribution in [0, 0.1) is 6.92 Å². The second-order valence-electron chi connectivity index (χ2n) is 4.63. The van der Waals surface area contributed by atoms with Gasteiger partial charge in [0.25, 0.3) is 5.91 Å². The van der Waals surface area contributed by atoms with Crippen LogP contribution in [0.4, 0.5) is 0 Å². The quantitative estimate of drug-likeness (QED) is 0.913. The topological polar surface area (TPSA) is 46.9 Å². The van der Waals surface area contributed by atoms with Gasteiger partial charge in [0, 0.05) is 22.8 Å². The number of carbonyl (C=O) groups excluding carboxylic acids is 1. The van der Waals surface area contributed by atoms with Crippen LogP contribution in [0.1, 0.15) is 34.6 Å². The molecule has 0 aliphatic rings. The molecule has 0 saturated carbocycles. The number of hydrogen-bond donors (Lipinski definition) is 1. The molecule has 4 nitrogen and oxygen atoms in total. The van der Waals surface area contributed by atoms with Gasteiger partial charge in [-0.2, -0.15) is 5.10 Å². The first kappa shape index (κ1) is 15.1. The molecule has 0 radical (unpaired) electrons. The molecule has 106 valence electrons. The van der Waals surface area contributed by atoms with Gasteiger partial charge in [-0.3, -0.25) is 9.48 Å². The molecule has 1 amide bonds. The molecule has 0 spiro atoms. The number of nitrogens with one attached hydrogen (secondary N) is 1. The highest BCUT2D eigenvalue weighted by Gasteiger charge is 2.17. The number of aromatic nitrogens is 2. The standard InChI is InChI=1S/C14H15BrClN3O/c1-8(12-7-17-19(3)9(12)2)18-14(20)11-6-10(15)4-5-13(11)16/h4-8H,1-3H3,(H,18,20)/t8-/m1/s1. The Kier molecular flexibility index (Phi) is 4.50. The van der Waals surface area contributed by atoms with Crippen molar-refractivity contribution in [2.24, 2.45) is 7.05 Å². The maximum absolute atomic E-state index is 12.3. The molecule has 0 bridgehead atoms. The van der Waals surface area contributed by atoms with Gasteiger partial charge in [0.05, 0.1) is 22.8 Å². The third-order valence-corrected chi connectivity index (χ3v) is 4.08. The van der Waals surface area contributed by atoms with Crippen LogP contribution in [0.5, 0.6) is 0 Å². The summed E-state index contributed by atoms with van der Waals surface area (Å²) in [6, 6.07) is 5.07. The van der Waals surface area contributed by atoms with Crippen LogP contribution in [0.25, 0.3) is 0 Å². The van der Waals surface area contributed by atoms with Gasteiger partial charge in [-0.05, 0) is 32.0 Å². The minimum absolute atomic E-state index is 0.133. The molecular formula is C14H15BrClN3O. The number of aryl methyl sites for hydroxylation is 1. The largest absolute Gasteiger partial charge is 0.345 e. The summed E-state index contributed by atoms with van der Waals surface area (Å²) >= 11 is 9.40. The SMILES string of the molecule is Cc1c([C@@H](C)NC(=O)c2cc(Br)ccc2Cl)cnn1C. The molecule has 1 aromatic carbocycles. The van der Waals surface area contributed by atoms with E-state index < -0.39 is 0 Å². The molecule has 0 aliphatic heterocycles. The van der Waals surface area contributed by atoms with E-state index in [0.717, 1.165) is 15.7 Å². The smallest absolute Gasteiger partial charge is 0.253 e. The highest BCUT2D eigenvalue weighted by atomic mass is 79.9. The summed E-state index contributed by atoms with van der Waals surface area (Å²) in [6.45, 7) is 3.89. The molecular weight excluding hydrogens is 342 g/mol. The molecule has 1 heterocycles. The van der Waals surface area contributed by atoms with Crippen molar-refractivity contribution in [2.75, 3.05) is 0 Å². The lowest BCUT2D eigenvalue weighted by Crippen LogP contribution is -2.27. The fourth-order valence-electron chi connectivity index (χ4n) is 1.96. The third kappa shape index (κ3) is 3.04. The lowest BCUT2D eigenvalue weighted by Gasteiger charge is -2.14. The van der Waals surface area contributed by atoms with Crippen molar-refractivity contribution in [1.82, 2.24) is 15.1 Å². The van der Waals surface area contributed by atoms with Gasteiger partial charge < -0.3 is 5.32 Å². The second-order valence-corrected chi connectivity index (χ2v) is 5.95. The van der Waals surface area contributed by atoms with E-state index >= 15 is 0 Å². The lowest BCUT2D eigenvalue weighted by molar-refractivity contribution is 0.0940. The lowest BCUT2D eigenvalue weighted by atomic mass is 10.1. The van der Waals surface area contributed by atoms with Gasteiger partial charge in [0.2, 0.25) is 0 Å². The van der Waals surface area contributed by atoms with Crippen molar-refractivity contribution in [1.29, 1.82) is 0 Å². The Bertz CT molecular complexity index is 654. The molecule has 2 rings (SSSR count). The minimum atomic E-state index is -0.202. The summed E-state index contributed by atoms with van der Waals surface area (Å²) in [5.41, 5.74) is 2.47. The monoisotopic (exact) mass is 355 g/mol. The van der Waals surface area contributed by atoms with Gasteiger partial charge in [-0.15, -0.1) is 0 Å². The van der Waals surface area contributed by atoms with E-state index in [1.54, 1.807) is 29.1 Å². The number of benzene rings is 1. The fourth-order valence-corrected chi connectivity index (χ4v) is 2.53. The highest BCUT2D eigenvalue weighted by molar-refractivity contribution is 9.10. The Labute approximate surface area is 131 Å². The van der Waals surface area contributed by atoms with Gasteiger partial charge in [0.1, 0.15) is 0 Å². The van der Waals surface area contributed by atoms with E-state index in [0.29, 0.717) is 10.6 Å². The van der Waals surface area contributed by atoms with Crippen molar-refractivity contribution in [2.45, 2.75) is 19.9 Å². The van der Waals surface area contributed by atoms with Crippen LogP contribution in [0.2, 0.25) is 5.02 Å². The van der Waals surface area contributed by atoms with Gasteiger partial charge in [-0.1, -0.05) is 27.5 Å². The van der Waals surface area contributed by atoms with E-state index in [4.69, 9.17) is 11.6 Å². The summed E-state index contributed by atoms with van der Waals surface area (Å²) in [5.74, 6) is -0.202. The van der Waals surface area contributed by atoms with Gasteiger partial charge >= 0.3 is 0 Å². The Hall–Kier alpha value is -1.33. The van der Waals surface area contributed by atoms with E-state index in [-0.39, 0.29) is 11.9 Å². The van der Waals surface area contributed by atoms with E-state index in [1.165, 1.54) is 0 Å². The van der Waals surface area contributed by atoms with Crippen LogP contribution in [-0.2, 0) is 7.05 Å². The van der Waals surface area contributed by atoms with E-state index in [9.17, 15) is 4.79 Å². The maximum atomic E-state index is 12.3. The van der Waals surface area contributed by atoms with Crippen LogP contribution >= 0.6 is 27.5 Å². The predicted molar refractivity (Wildman–Crippen MR) is 83.0 cm³/mol. The van der Waals surface area contributed by atoms with Crippen LogP contribution < -0.4 is 5.32 Å². The van der Waals surface area contributed by atoms with E-state index in [2.05, 4.69) is 26.3 Å². The molecule has 1 atom stereocenters. The Morgan fingerprint density at radius 1 is 1.50 bits per heavy atom. The van der Waals surface area contributed by atoms with Crippen molar-refractivity contribution in [3.05, 3.63) is 50.7 Å². The average molecular weight is 357 g/mol. The zero-order valence-corrected chi connectivity index (χ0v) is 13.8. The molecule has 0 aliphatic carbocycles. The average Bonchev–Trinajstić information content (AvgIpc) is 2.73. The zero-order valence-electron chi connectivity index (χ0n) is 11.4. The summed E-state index contributed by atoms with van der Waals surface area (Å²) in [6.07, 6.45) is 1.77. The first-order valence-corrected chi connectivity index (χ1v) is 7.31. The second kappa shape index (κ2) is 5.97. The molecule has 0 unspecified atom stereocenters. The van der Waals surface area contributed by atoms with Gasteiger partial charge in [0.15, 0.2) is 0 Å². The summed E-state index contributed by atoms with van der Waals surface area (Å²) in [5, 5.41) is 7.55. The number of amides is 1. The normalized spacial score (nSPS) is 12.2. The zero-order chi connectivity index (χ0) is 14.9.